The van der Waals surface area contributed by atoms with E-state index in [-0.39, 0.29) is 12.0 Å². The zero-order chi connectivity index (χ0) is 20.3. The minimum absolute atomic E-state index is 0.135. The number of likely N-dealkylation sites (tertiary alicyclic amines) is 1. The number of amides is 1. The summed E-state index contributed by atoms with van der Waals surface area (Å²) in [6.07, 6.45) is 12.5. The number of benzene rings is 1. The van der Waals surface area contributed by atoms with E-state index in [1.165, 1.54) is 16.8 Å². The third-order valence-corrected chi connectivity index (χ3v) is 7.05. The molecule has 4 aliphatic rings. The molecule has 1 amide bonds. The average molecular weight is 409 g/mol. The zero-order valence-electron chi connectivity index (χ0n) is 17.7. The van der Waals surface area contributed by atoms with Crippen molar-refractivity contribution in [1.82, 2.24) is 9.80 Å². The normalized spacial score (nSPS) is 24.1. The molecule has 5 rings (SSSR count). The Labute approximate surface area is 179 Å². The molecule has 5 nitrogen and oxygen atoms in total. The number of carbonyl (C=O) groups is 1. The summed E-state index contributed by atoms with van der Waals surface area (Å²) < 4.78 is 11.6. The van der Waals surface area contributed by atoms with Gasteiger partial charge in [0.15, 0.2) is 0 Å². The van der Waals surface area contributed by atoms with Gasteiger partial charge in [0.2, 0.25) is 5.91 Å². The Bertz CT molecular complexity index is 841. The van der Waals surface area contributed by atoms with Gasteiger partial charge in [-0.25, -0.2) is 0 Å². The maximum absolute atomic E-state index is 13.0. The van der Waals surface area contributed by atoms with Crippen molar-refractivity contribution in [2.45, 2.75) is 44.6 Å². The SMILES string of the molecule is O=C(C1CCOCC1)N1CCCC1COc1ccc2c(c1)CCN(C1=CC=C1)CC2. The summed E-state index contributed by atoms with van der Waals surface area (Å²) in [7, 11) is 0. The molecule has 0 spiro atoms. The van der Waals surface area contributed by atoms with Gasteiger partial charge in [-0.05, 0) is 73.9 Å². The lowest BCUT2D eigenvalue weighted by molar-refractivity contribution is -0.139. The maximum Gasteiger partial charge on any atom is 0.226 e. The van der Waals surface area contributed by atoms with Crippen LogP contribution in [0.5, 0.6) is 5.75 Å². The van der Waals surface area contributed by atoms with Crippen LogP contribution in [0.1, 0.15) is 36.8 Å². The standard InChI is InChI=1S/C25H32N2O3/c28-25(20-10-15-29-16-11-20)27-12-2-5-23(27)18-30-24-7-6-19-8-13-26(22-3-1-4-22)14-9-21(19)17-24/h1,3-4,6-7,17,20,23H,2,5,8-16,18H2. The molecule has 1 atom stereocenters. The fourth-order valence-electron chi connectivity index (χ4n) is 5.11. The molecule has 0 saturated carbocycles. The molecular formula is C25H32N2O3. The van der Waals surface area contributed by atoms with E-state index in [9.17, 15) is 4.79 Å². The van der Waals surface area contributed by atoms with Gasteiger partial charge in [0.25, 0.3) is 0 Å². The first-order valence-electron chi connectivity index (χ1n) is 11.5. The summed E-state index contributed by atoms with van der Waals surface area (Å²) in [5, 5.41) is 0. The molecule has 3 heterocycles. The molecular weight excluding hydrogens is 376 g/mol. The lowest BCUT2D eigenvalue weighted by Gasteiger charge is -2.30. The largest absolute Gasteiger partial charge is 0.491 e. The number of nitrogens with zero attached hydrogens (tertiary/aromatic N) is 2. The highest BCUT2D eigenvalue weighted by Crippen LogP contribution is 2.27. The van der Waals surface area contributed by atoms with Gasteiger partial charge in [0.05, 0.1) is 6.04 Å². The summed E-state index contributed by atoms with van der Waals surface area (Å²) in [4.78, 5) is 17.5. The van der Waals surface area contributed by atoms with E-state index < -0.39 is 0 Å². The Morgan fingerprint density at radius 2 is 1.87 bits per heavy atom. The number of ether oxygens (including phenoxy) is 2. The summed E-state index contributed by atoms with van der Waals surface area (Å²) in [6, 6.07) is 6.77. The Balaban J connectivity index is 1.18. The average Bonchev–Trinajstić information content (AvgIpc) is 3.12. The van der Waals surface area contributed by atoms with Gasteiger partial charge in [0.1, 0.15) is 12.4 Å². The molecule has 30 heavy (non-hydrogen) atoms. The van der Waals surface area contributed by atoms with Crippen LogP contribution < -0.4 is 4.74 Å². The highest BCUT2D eigenvalue weighted by atomic mass is 16.5. The van der Waals surface area contributed by atoms with Crippen LogP contribution in [-0.2, 0) is 22.4 Å². The maximum atomic E-state index is 13.0. The number of allylic oxidation sites excluding steroid dienone is 3. The van der Waals surface area contributed by atoms with Crippen molar-refractivity contribution in [3.05, 3.63) is 53.3 Å². The van der Waals surface area contributed by atoms with Crippen LogP contribution in [0, 0.1) is 5.92 Å². The monoisotopic (exact) mass is 408 g/mol. The van der Waals surface area contributed by atoms with Gasteiger partial charge in [0, 0.05) is 44.5 Å². The van der Waals surface area contributed by atoms with Crippen molar-refractivity contribution in [3.63, 3.8) is 0 Å². The molecule has 1 aromatic rings. The van der Waals surface area contributed by atoms with Crippen molar-refractivity contribution in [1.29, 1.82) is 0 Å². The predicted molar refractivity (Wildman–Crippen MR) is 116 cm³/mol. The van der Waals surface area contributed by atoms with Crippen molar-refractivity contribution in [3.8, 4) is 5.75 Å². The fraction of sp³-hybridized carbons (Fsp3) is 0.560. The van der Waals surface area contributed by atoms with Crippen LogP contribution in [0.15, 0.2) is 42.1 Å². The van der Waals surface area contributed by atoms with Crippen LogP contribution in [-0.4, -0.2) is 61.2 Å². The van der Waals surface area contributed by atoms with E-state index in [2.05, 4.69) is 46.2 Å². The van der Waals surface area contributed by atoms with Crippen LogP contribution >= 0.6 is 0 Å². The molecule has 160 valence electrons. The first kappa shape index (κ1) is 19.7. The Kier molecular flexibility index (Phi) is 5.80. The molecule has 1 aromatic carbocycles. The molecule has 2 saturated heterocycles. The smallest absolute Gasteiger partial charge is 0.226 e. The predicted octanol–water partition coefficient (Wildman–Crippen LogP) is 3.34. The van der Waals surface area contributed by atoms with Crippen LogP contribution in [0.25, 0.3) is 0 Å². The minimum Gasteiger partial charge on any atom is -0.491 e. The van der Waals surface area contributed by atoms with E-state index in [4.69, 9.17) is 9.47 Å². The number of hydrogen-bond donors (Lipinski definition) is 0. The summed E-state index contributed by atoms with van der Waals surface area (Å²) >= 11 is 0. The Hall–Kier alpha value is -2.27. The Morgan fingerprint density at radius 1 is 1.07 bits per heavy atom. The second kappa shape index (κ2) is 8.84. The van der Waals surface area contributed by atoms with Crippen molar-refractivity contribution in [2.75, 3.05) is 39.5 Å². The van der Waals surface area contributed by atoms with Gasteiger partial charge in [-0.2, -0.15) is 0 Å². The Morgan fingerprint density at radius 3 is 2.63 bits per heavy atom. The zero-order valence-corrected chi connectivity index (χ0v) is 17.7. The first-order valence-corrected chi connectivity index (χ1v) is 11.5. The molecule has 1 unspecified atom stereocenters. The van der Waals surface area contributed by atoms with E-state index in [0.29, 0.717) is 25.7 Å². The number of fused-ring (bicyclic) bond motifs is 1. The van der Waals surface area contributed by atoms with Gasteiger partial charge in [-0.1, -0.05) is 12.1 Å². The van der Waals surface area contributed by atoms with E-state index in [1.807, 2.05) is 0 Å². The lowest BCUT2D eigenvalue weighted by Crippen LogP contribution is -2.43. The number of carbonyl (C=O) groups excluding carboxylic acids is 1. The van der Waals surface area contributed by atoms with Gasteiger partial charge in [-0.3, -0.25) is 4.79 Å². The van der Waals surface area contributed by atoms with Crippen LogP contribution in [0.3, 0.4) is 0 Å². The van der Waals surface area contributed by atoms with Crippen molar-refractivity contribution in [2.24, 2.45) is 5.92 Å². The topological polar surface area (TPSA) is 42.0 Å². The van der Waals surface area contributed by atoms with Gasteiger partial charge in [-0.15, -0.1) is 0 Å². The number of rotatable bonds is 5. The second-order valence-corrected chi connectivity index (χ2v) is 8.89. The van der Waals surface area contributed by atoms with Crippen molar-refractivity contribution >= 4 is 5.91 Å². The highest BCUT2D eigenvalue weighted by Gasteiger charge is 2.34. The fourth-order valence-corrected chi connectivity index (χ4v) is 5.11. The van der Waals surface area contributed by atoms with Crippen LogP contribution in [0.4, 0.5) is 0 Å². The molecule has 1 aliphatic carbocycles. The first-order chi connectivity index (χ1) is 14.8. The molecule has 2 fully saturated rings. The van der Waals surface area contributed by atoms with E-state index in [1.54, 1.807) is 0 Å². The third kappa shape index (κ3) is 4.13. The second-order valence-electron chi connectivity index (χ2n) is 8.89. The molecule has 0 N–H and O–H groups in total. The van der Waals surface area contributed by atoms with E-state index >= 15 is 0 Å². The van der Waals surface area contributed by atoms with Gasteiger partial charge < -0.3 is 19.3 Å². The molecule has 5 heteroatoms. The van der Waals surface area contributed by atoms with Crippen LogP contribution in [0.2, 0.25) is 0 Å². The van der Waals surface area contributed by atoms with Gasteiger partial charge >= 0.3 is 0 Å². The third-order valence-electron chi connectivity index (χ3n) is 7.05. The molecule has 3 aliphatic heterocycles. The minimum atomic E-state index is 0.135. The molecule has 0 aromatic heterocycles. The van der Waals surface area contributed by atoms with E-state index in [0.717, 1.165) is 63.9 Å². The van der Waals surface area contributed by atoms with Crippen molar-refractivity contribution < 1.29 is 14.3 Å². The summed E-state index contributed by atoms with van der Waals surface area (Å²) in [6.45, 7) is 5.03. The quantitative estimate of drug-likeness (QED) is 0.750. The number of hydrogen-bond acceptors (Lipinski definition) is 4. The highest BCUT2D eigenvalue weighted by molar-refractivity contribution is 5.79. The summed E-state index contributed by atoms with van der Waals surface area (Å²) in [5.41, 5.74) is 4.20. The summed E-state index contributed by atoms with van der Waals surface area (Å²) in [5.74, 6) is 1.39. The molecule has 0 bridgehead atoms. The lowest BCUT2D eigenvalue weighted by atomic mass is 9.98. The molecule has 0 radical (unpaired) electrons.